The lowest BCUT2D eigenvalue weighted by molar-refractivity contribution is 0.0960. The van der Waals surface area contributed by atoms with Crippen LogP contribution in [0.4, 0.5) is 0 Å². The van der Waals surface area contributed by atoms with Crippen molar-refractivity contribution in [2.24, 2.45) is 0 Å². The predicted octanol–water partition coefficient (Wildman–Crippen LogP) is 2.28. The first-order chi connectivity index (χ1) is 13.1. The molecule has 1 aliphatic rings. The van der Waals surface area contributed by atoms with Crippen LogP contribution in [0.1, 0.15) is 48.8 Å². The Bertz CT molecular complexity index is 819. The number of nitrogens with zero attached hydrogens (tertiary/aromatic N) is 2. The molecule has 0 spiro atoms. The summed E-state index contributed by atoms with van der Waals surface area (Å²) in [4.78, 5) is 22.4. The molecule has 2 N–H and O–H groups in total. The van der Waals surface area contributed by atoms with E-state index in [4.69, 9.17) is 9.72 Å². The zero-order chi connectivity index (χ0) is 19.2. The lowest BCUT2D eigenvalue weighted by atomic mass is 10.0. The molecule has 146 valence electrons. The smallest absolute Gasteiger partial charge is 0.255 e. The van der Waals surface area contributed by atoms with E-state index in [0.29, 0.717) is 25.3 Å². The molecule has 2 aromatic rings. The van der Waals surface area contributed by atoms with E-state index in [9.17, 15) is 9.90 Å². The fraction of sp³-hybridized carbons (Fsp3) is 0.524. The standard InChI is InChI=1S/C21H29N3O3/c1-3-4-7-16(25)13-24-10-9-19-18(14-24)21(26)23-20(22-19)12-15-6-5-8-17(11-15)27-2/h5-6,8,11,16,25H,3-4,7,9-10,12-14H2,1-2H3,(H,22,23,26)/t16-/m0/s1. The van der Waals surface area contributed by atoms with Gasteiger partial charge in [0.2, 0.25) is 0 Å². The van der Waals surface area contributed by atoms with Gasteiger partial charge in [-0.3, -0.25) is 9.69 Å². The lowest BCUT2D eigenvalue weighted by Crippen LogP contribution is -2.40. The molecule has 6 heteroatoms. The summed E-state index contributed by atoms with van der Waals surface area (Å²) < 4.78 is 5.26. The summed E-state index contributed by atoms with van der Waals surface area (Å²) >= 11 is 0. The first-order valence-corrected chi connectivity index (χ1v) is 9.73. The van der Waals surface area contributed by atoms with Gasteiger partial charge in [-0.25, -0.2) is 4.98 Å². The van der Waals surface area contributed by atoms with Crippen molar-refractivity contribution >= 4 is 0 Å². The van der Waals surface area contributed by atoms with E-state index in [0.717, 1.165) is 54.8 Å². The van der Waals surface area contributed by atoms with Gasteiger partial charge in [-0.2, -0.15) is 0 Å². The summed E-state index contributed by atoms with van der Waals surface area (Å²) in [5.74, 6) is 1.48. The number of fused-ring (bicyclic) bond motifs is 1. The van der Waals surface area contributed by atoms with Gasteiger partial charge in [-0.05, 0) is 24.1 Å². The van der Waals surface area contributed by atoms with Crippen molar-refractivity contribution in [1.82, 2.24) is 14.9 Å². The van der Waals surface area contributed by atoms with Crippen molar-refractivity contribution in [3.05, 3.63) is 57.3 Å². The highest BCUT2D eigenvalue weighted by atomic mass is 16.5. The zero-order valence-electron chi connectivity index (χ0n) is 16.2. The average Bonchev–Trinajstić information content (AvgIpc) is 2.67. The third kappa shape index (κ3) is 5.17. The van der Waals surface area contributed by atoms with Crippen LogP contribution in [-0.4, -0.2) is 46.3 Å². The Morgan fingerprint density at radius 2 is 2.26 bits per heavy atom. The van der Waals surface area contributed by atoms with Crippen LogP contribution in [0, 0.1) is 0 Å². The van der Waals surface area contributed by atoms with Crippen molar-refractivity contribution in [3.63, 3.8) is 0 Å². The molecule has 0 saturated carbocycles. The Hall–Kier alpha value is -2.18. The maximum atomic E-state index is 12.6. The normalized spacial score (nSPS) is 15.4. The van der Waals surface area contributed by atoms with E-state index in [1.54, 1.807) is 7.11 Å². The van der Waals surface area contributed by atoms with Crippen LogP contribution in [0.2, 0.25) is 0 Å². The van der Waals surface area contributed by atoms with E-state index in [1.165, 1.54) is 0 Å². The first kappa shape index (κ1) is 19.6. The minimum absolute atomic E-state index is 0.0642. The Balaban J connectivity index is 1.69. The molecule has 1 aromatic heterocycles. The number of methoxy groups -OCH3 is 1. The molecular weight excluding hydrogens is 342 g/mol. The highest BCUT2D eigenvalue weighted by Crippen LogP contribution is 2.18. The fourth-order valence-corrected chi connectivity index (χ4v) is 3.58. The number of H-pyrrole nitrogens is 1. The lowest BCUT2D eigenvalue weighted by Gasteiger charge is -2.29. The van der Waals surface area contributed by atoms with Gasteiger partial charge < -0.3 is 14.8 Å². The van der Waals surface area contributed by atoms with Crippen molar-refractivity contribution in [1.29, 1.82) is 0 Å². The summed E-state index contributed by atoms with van der Waals surface area (Å²) in [6.45, 7) is 4.12. The van der Waals surface area contributed by atoms with Gasteiger partial charge in [-0.1, -0.05) is 31.9 Å². The molecule has 0 aliphatic carbocycles. The van der Waals surface area contributed by atoms with Crippen molar-refractivity contribution < 1.29 is 9.84 Å². The fourth-order valence-electron chi connectivity index (χ4n) is 3.58. The molecule has 0 radical (unpaired) electrons. The summed E-state index contributed by atoms with van der Waals surface area (Å²) in [5.41, 5.74) is 2.61. The molecule has 0 unspecified atom stereocenters. The van der Waals surface area contributed by atoms with E-state index < -0.39 is 0 Å². The third-order valence-corrected chi connectivity index (χ3v) is 5.06. The molecule has 27 heavy (non-hydrogen) atoms. The average molecular weight is 371 g/mol. The Morgan fingerprint density at radius 1 is 1.41 bits per heavy atom. The number of hydrogen-bond acceptors (Lipinski definition) is 5. The molecule has 6 nitrogen and oxygen atoms in total. The number of ether oxygens (including phenoxy) is 1. The van der Waals surface area contributed by atoms with Crippen LogP contribution in [0.3, 0.4) is 0 Å². The van der Waals surface area contributed by atoms with Crippen LogP contribution in [0.25, 0.3) is 0 Å². The molecule has 0 saturated heterocycles. The number of benzene rings is 1. The minimum Gasteiger partial charge on any atom is -0.497 e. The molecular formula is C21H29N3O3. The second-order valence-electron chi connectivity index (χ2n) is 7.25. The largest absolute Gasteiger partial charge is 0.497 e. The third-order valence-electron chi connectivity index (χ3n) is 5.06. The number of nitrogens with one attached hydrogen (secondary N) is 1. The Morgan fingerprint density at radius 3 is 3.04 bits per heavy atom. The van der Waals surface area contributed by atoms with Gasteiger partial charge in [0.15, 0.2) is 0 Å². The number of hydrogen-bond donors (Lipinski definition) is 2. The monoisotopic (exact) mass is 371 g/mol. The number of aliphatic hydroxyl groups excluding tert-OH is 1. The molecule has 0 bridgehead atoms. The van der Waals surface area contributed by atoms with E-state index in [-0.39, 0.29) is 11.7 Å². The maximum Gasteiger partial charge on any atom is 0.255 e. The quantitative estimate of drug-likeness (QED) is 0.744. The Labute approximate surface area is 160 Å². The molecule has 1 atom stereocenters. The first-order valence-electron chi connectivity index (χ1n) is 9.73. The zero-order valence-corrected chi connectivity index (χ0v) is 16.2. The van der Waals surface area contributed by atoms with Gasteiger partial charge in [0.1, 0.15) is 11.6 Å². The van der Waals surface area contributed by atoms with Crippen LogP contribution in [-0.2, 0) is 19.4 Å². The number of unbranched alkanes of at least 4 members (excludes halogenated alkanes) is 1. The van der Waals surface area contributed by atoms with Crippen LogP contribution in [0.15, 0.2) is 29.1 Å². The summed E-state index contributed by atoms with van der Waals surface area (Å²) in [5, 5.41) is 10.1. The predicted molar refractivity (Wildman–Crippen MR) is 105 cm³/mol. The second-order valence-corrected chi connectivity index (χ2v) is 7.25. The van der Waals surface area contributed by atoms with Gasteiger partial charge in [0.25, 0.3) is 5.56 Å². The van der Waals surface area contributed by atoms with Gasteiger partial charge in [0.05, 0.1) is 24.5 Å². The SMILES string of the molecule is CCCC[C@H](O)CN1CCc2nc(Cc3cccc(OC)c3)[nH]c(=O)c2C1. The van der Waals surface area contributed by atoms with Crippen molar-refractivity contribution in [2.75, 3.05) is 20.2 Å². The Kier molecular flexibility index (Phi) is 6.63. The summed E-state index contributed by atoms with van der Waals surface area (Å²) in [6.07, 6.45) is 3.91. The molecule has 1 aromatic carbocycles. The van der Waals surface area contributed by atoms with Crippen molar-refractivity contribution in [3.8, 4) is 5.75 Å². The minimum atomic E-state index is -0.328. The van der Waals surface area contributed by atoms with Crippen LogP contribution in [0.5, 0.6) is 5.75 Å². The van der Waals surface area contributed by atoms with E-state index >= 15 is 0 Å². The maximum absolute atomic E-state index is 12.6. The molecule has 0 amide bonds. The highest BCUT2D eigenvalue weighted by molar-refractivity contribution is 5.31. The van der Waals surface area contributed by atoms with E-state index in [1.807, 2.05) is 24.3 Å². The summed E-state index contributed by atoms with van der Waals surface area (Å²) in [6, 6.07) is 7.79. The number of rotatable bonds is 8. The highest BCUT2D eigenvalue weighted by Gasteiger charge is 2.22. The van der Waals surface area contributed by atoms with Crippen LogP contribution >= 0.6 is 0 Å². The second kappa shape index (κ2) is 9.15. The molecule has 1 aliphatic heterocycles. The summed E-state index contributed by atoms with van der Waals surface area (Å²) in [7, 11) is 1.64. The van der Waals surface area contributed by atoms with Gasteiger partial charge in [-0.15, -0.1) is 0 Å². The topological polar surface area (TPSA) is 78.5 Å². The molecule has 3 rings (SSSR count). The van der Waals surface area contributed by atoms with Crippen molar-refractivity contribution in [2.45, 2.75) is 51.7 Å². The molecule has 2 heterocycles. The number of aromatic nitrogens is 2. The van der Waals surface area contributed by atoms with Gasteiger partial charge >= 0.3 is 0 Å². The van der Waals surface area contributed by atoms with Gasteiger partial charge in [0, 0.05) is 32.5 Å². The van der Waals surface area contributed by atoms with Crippen LogP contribution < -0.4 is 10.3 Å². The molecule has 0 fully saturated rings. The number of aromatic amines is 1. The number of β-amino-alcohol motifs (C(OH)–C–C–N with tert-alkyl or cyclic N) is 1. The number of aliphatic hydroxyl groups is 1. The van der Waals surface area contributed by atoms with E-state index in [2.05, 4.69) is 16.8 Å².